The largest absolute Gasteiger partial charge is 0.493 e. The summed E-state index contributed by atoms with van der Waals surface area (Å²) in [7, 11) is -3.74. The Bertz CT molecular complexity index is 1890. The van der Waals surface area contributed by atoms with E-state index in [1.165, 1.54) is 75.3 Å². The smallest absolute Gasteiger partial charge is 0.376 e. The summed E-state index contributed by atoms with van der Waals surface area (Å²) in [6.45, 7) is 8.82. The first-order valence-electron chi connectivity index (χ1n) is 17.4. The summed E-state index contributed by atoms with van der Waals surface area (Å²) >= 11 is 0. The van der Waals surface area contributed by atoms with Gasteiger partial charge in [-0.2, -0.15) is 4.98 Å². The van der Waals surface area contributed by atoms with Crippen molar-refractivity contribution >= 4 is 26.9 Å². The number of H-pyrrole nitrogens is 2. The Balaban J connectivity index is 0.000000275. The number of nitrogens with one attached hydrogen (secondary N) is 3. The topological polar surface area (TPSA) is 173 Å². The highest BCUT2D eigenvalue weighted by molar-refractivity contribution is 7.89. The van der Waals surface area contributed by atoms with Gasteiger partial charge < -0.3 is 14.5 Å². The summed E-state index contributed by atoms with van der Waals surface area (Å²) in [5.41, 5.74) is 1.73. The molecule has 0 unspecified atom stereocenters. The van der Waals surface area contributed by atoms with Crippen molar-refractivity contribution in [1.82, 2.24) is 24.7 Å². The van der Waals surface area contributed by atoms with Crippen LogP contribution >= 0.6 is 0 Å². The number of hydrogen-bond acceptors (Lipinski definition) is 9. The number of para-hydroxylation sites is 1. The van der Waals surface area contributed by atoms with Gasteiger partial charge in [0, 0.05) is 24.2 Å². The fourth-order valence-corrected chi connectivity index (χ4v) is 6.56. The minimum atomic E-state index is -3.74. The lowest BCUT2D eigenvalue weighted by Crippen LogP contribution is -2.26. The average molecular weight is 710 g/mol. The number of pyridine rings is 1. The summed E-state index contributed by atoms with van der Waals surface area (Å²) in [6.07, 6.45) is 14.2. The summed E-state index contributed by atoms with van der Waals surface area (Å²) in [5, 5.41) is 0.346. The van der Waals surface area contributed by atoms with Crippen molar-refractivity contribution in [1.29, 1.82) is 0 Å². The van der Waals surface area contributed by atoms with Crippen molar-refractivity contribution < 1.29 is 22.7 Å². The van der Waals surface area contributed by atoms with Crippen LogP contribution in [0.2, 0.25) is 0 Å². The molecular formula is C37H51N5O7S. The Morgan fingerprint density at radius 2 is 1.54 bits per heavy atom. The first-order chi connectivity index (χ1) is 24.0. The van der Waals surface area contributed by atoms with Crippen LogP contribution in [0.15, 0.2) is 63.1 Å². The van der Waals surface area contributed by atoms with E-state index in [9.17, 15) is 22.8 Å². The Hall–Kier alpha value is -4.36. The second-order valence-electron chi connectivity index (χ2n) is 12.3. The number of aryl methyl sites for hydroxylation is 3. The highest BCUT2D eigenvalue weighted by Crippen LogP contribution is 2.20. The molecule has 12 nitrogen and oxygen atoms in total. The van der Waals surface area contributed by atoms with Crippen LogP contribution in [0, 0.1) is 20.8 Å². The van der Waals surface area contributed by atoms with Crippen LogP contribution in [0.5, 0.6) is 5.75 Å². The minimum absolute atomic E-state index is 0.0630. The van der Waals surface area contributed by atoms with Crippen LogP contribution in [0.3, 0.4) is 0 Å². The first-order valence-corrected chi connectivity index (χ1v) is 18.9. The summed E-state index contributed by atoms with van der Waals surface area (Å²) in [6, 6.07) is 12.0. The zero-order valence-corrected chi connectivity index (χ0v) is 30.5. The summed E-state index contributed by atoms with van der Waals surface area (Å²) < 4.78 is 38.6. The first kappa shape index (κ1) is 40.1. The molecule has 0 radical (unpaired) electrons. The molecule has 0 aliphatic carbocycles. The predicted octanol–water partition coefficient (Wildman–Crippen LogP) is 6.44. The number of aromatic amines is 2. The summed E-state index contributed by atoms with van der Waals surface area (Å²) in [5.74, 6) is 0.361. The molecule has 0 saturated carbocycles. The Morgan fingerprint density at radius 3 is 2.22 bits per heavy atom. The van der Waals surface area contributed by atoms with Gasteiger partial charge in [0.15, 0.2) is 5.43 Å². The molecule has 50 heavy (non-hydrogen) atoms. The molecule has 4 aromatic rings. The standard InChI is InChI=1S/C20H22N2O4S.C17H29N3O3/c1-14-7-8-18(15(2)13-14)26-12-4-10-22-27(24,25)19-6-3-5-16-17(23)9-11-21-20(16)19;1-3-4-5-6-7-8-9-10-11-12-13-23-16(21)15-18-14(2)19-17(22)20-15/h3,5-9,11,13,22H,4,10,12H2,1-2H3,(H,21,23);3-13H2,1-2H3,(H,18,19,20,22). The molecule has 0 fully saturated rings. The lowest BCUT2D eigenvalue weighted by atomic mass is 10.1. The van der Waals surface area contributed by atoms with Crippen LogP contribution in [-0.4, -0.2) is 54.1 Å². The lowest BCUT2D eigenvalue weighted by molar-refractivity contribution is 0.0482. The molecule has 0 spiro atoms. The molecule has 0 aliphatic rings. The fraction of sp³-hybridized carbons (Fsp3) is 0.486. The normalized spacial score (nSPS) is 11.2. The van der Waals surface area contributed by atoms with E-state index in [-0.39, 0.29) is 22.7 Å². The van der Waals surface area contributed by atoms with E-state index in [2.05, 4.69) is 31.6 Å². The van der Waals surface area contributed by atoms with Gasteiger partial charge in [-0.1, -0.05) is 88.5 Å². The van der Waals surface area contributed by atoms with E-state index in [0.717, 1.165) is 24.2 Å². The highest BCUT2D eigenvalue weighted by atomic mass is 32.2. The van der Waals surface area contributed by atoms with Crippen LogP contribution in [0.4, 0.5) is 0 Å². The second kappa shape index (κ2) is 21.0. The molecular weight excluding hydrogens is 659 g/mol. The number of benzene rings is 2. The van der Waals surface area contributed by atoms with Gasteiger partial charge in [-0.05, 0) is 57.4 Å². The Kier molecular flexibility index (Phi) is 16.8. The number of carbonyl (C=O) groups excluding carboxylic acids is 1. The van der Waals surface area contributed by atoms with Crippen molar-refractivity contribution in [3.8, 4) is 5.75 Å². The van der Waals surface area contributed by atoms with Crippen molar-refractivity contribution in [3.05, 3.63) is 92.1 Å². The third kappa shape index (κ3) is 13.5. The number of unbranched alkanes of at least 4 members (excludes halogenated alkanes) is 9. The second-order valence-corrected chi connectivity index (χ2v) is 14.0. The molecule has 0 saturated heterocycles. The van der Waals surface area contributed by atoms with E-state index in [4.69, 9.17) is 9.47 Å². The highest BCUT2D eigenvalue weighted by Gasteiger charge is 2.18. The van der Waals surface area contributed by atoms with Crippen molar-refractivity contribution in [2.24, 2.45) is 0 Å². The maximum absolute atomic E-state index is 12.6. The van der Waals surface area contributed by atoms with Gasteiger partial charge in [0.05, 0.1) is 18.7 Å². The van der Waals surface area contributed by atoms with Gasteiger partial charge in [0.1, 0.15) is 16.5 Å². The molecule has 0 bridgehead atoms. The van der Waals surface area contributed by atoms with E-state index < -0.39 is 21.7 Å². The average Bonchev–Trinajstić information content (AvgIpc) is 3.07. The molecule has 2 aromatic heterocycles. The Morgan fingerprint density at radius 1 is 0.840 bits per heavy atom. The lowest BCUT2D eigenvalue weighted by Gasteiger charge is -2.11. The van der Waals surface area contributed by atoms with Crippen molar-refractivity contribution in [3.63, 3.8) is 0 Å². The SMILES string of the molecule is CCCCCCCCCCCCOC(=O)c1nc(C)[nH]c(=O)n1.Cc1ccc(OCCCNS(=O)(=O)c2cccc3c(=O)cc[nH]c23)c(C)c1. The molecule has 3 N–H and O–H groups in total. The van der Waals surface area contributed by atoms with Gasteiger partial charge in [0.2, 0.25) is 15.8 Å². The quantitative estimate of drug-likeness (QED) is 0.0731. The minimum Gasteiger partial charge on any atom is -0.493 e. The number of aromatic nitrogens is 4. The molecule has 272 valence electrons. The predicted molar refractivity (Wildman–Crippen MR) is 195 cm³/mol. The van der Waals surface area contributed by atoms with E-state index in [1.54, 1.807) is 19.1 Å². The summed E-state index contributed by atoms with van der Waals surface area (Å²) in [4.78, 5) is 47.4. The van der Waals surface area contributed by atoms with Crippen molar-refractivity contribution in [2.75, 3.05) is 19.8 Å². The number of carbonyl (C=O) groups is 1. The number of sulfonamides is 1. The van der Waals surface area contributed by atoms with Gasteiger partial charge >= 0.3 is 11.7 Å². The zero-order valence-electron chi connectivity index (χ0n) is 29.7. The van der Waals surface area contributed by atoms with Crippen LogP contribution in [0.1, 0.15) is 105 Å². The third-order valence-corrected chi connectivity index (χ3v) is 9.43. The number of esters is 1. The molecule has 13 heteroatoms. The Labute approximate surface area is 294 Å². The van der Waals surface area contributed by atoms with E-state index >= 15 is 0 Å². The molecule has 2 aromatic carbocycles. The van der Waals surface area contributed by atoms with Gasteiger partial charge in [-0.15, -0.1) is 0 Å². The number of nitrogens with zero attached hydrogens (tertiary/aromatic N) is 2. The third-order valence-electron chi connectivity index (χ3n) is 7.93. The van der Waals surface area contributed by atoms with Crippen LogP contribution < -0.4 is 20.6 Å². The molecule has 0 amide bonds. The molecule has 0 atom stereocenters. The van der Waals surface area contributed by atoms with Crippen LogP contribution in [-0.2, 0) is 14.8 Å². The van der Waals surface area contributed by atoms with Gasteiger partial charge in [-0.3, -0.25) is 9.78 Å². The molecule has 2 heterocycles. The monoisotopic (exact) mass is 709 g/mol. The number of hydrogen-bond donors (Lipinski definition) is 3. The fourth-order valence-electron chi connectivity index (χ4n) is 5.30. The van der Waals surface area contributed by atoms with E-state index in [0.29, 0.717) is 36.4 Å². The van der Waals surface area contributed by atoms with Crippen molar-refractivity contribution in [2.45, 2.75) is 103 Å². The maximum Gasteiger partial charge on any atom is 0.376 e. The van der Waals surface area contributed by atoms with Crippen LogP contribution in [0.25, 0.3) is 10.9 Å². The molecule has 0 aliphatic heterocycles. The zero-order chi connectivity index (χ0) is 36.4. The van der Waals surface area contributed by atoms with Gasteiger partial charge in [0.25, 0.3) is 0 Å². The number of rotatable bonds is 19. The number of fused-ring (bicyclic) bond motifs is 1. The molecule has 4 rings (SSSR count). The number of ether oxygens (including phenoxy) is 2. The van der Waals surface area contributed by atoms with Gasteiger partial charge in [-0.25, -0.2) is 27.7 Å². The van der Waals surface area contributed by atoms with E-state index in [1.807, 2.05) is 32.0 Å². The maximum atomic E-state index is 12.6.